The second kappa shape index (κ2) is 5.64. The lowest BCUT2D eigenvalue weighted by molar-refractivity contribution is -0.132. The minimum absolute atomic E-state index is 0.254. The summed E-state index contributed by atoms with van der Waals surface area (Å²) in [6, 6.07) is 0.456. The van der Waals surface area contributed by atoms with Gasteiger partial charge in [0, 0.05) is 32.1 Å². The SMILES string of the molecule is NCCC(=O)N1CCCC1CN1CCCC1. The number of nitrogens with two attached hydrogens (primary N) is 1. The van der Waals surface area contributed by atoms with Crippen molar-refractivity contribution in [1.82, 2.24) is 9.80 Å². The lowest BCUT2D eigenvalue weighted by atomic mass is 10.2. The number of likely N-dealkylation sites (tertiary alicyclic amines) is 2. The molecule has 2 saturated heterocycles. The molecule has 0 aromatic heterocycles. The van der Waals surface area contributed by atoms with Crippen molar-refractivity contribution in [2.24, 2.45) is 5.73 Å². The lowest BCUT2D eigenvalue weighted by Crippen LogP contribution is -2.43. The molecule has 1 unspecified atom stereocenters. The van der Waals surface area contributed by atoms with Crippen LogP contribution in [0.1, 0.15) is 32.1 Å². The second-order valence-corrected chi connectivity index (χ2v) is 4.93. The van der Waals surface area contributed by atoms with E-state index in [2.05, 4.69) is 9.80 Å². The Morgan fingerprint density at radius 2 is 1.94 bits per heavy atom. The average molecular weight is 225 g/mol. The van der Waals surface area contributed by atoms with Gasteiger partial charge in [-0.05, 0) is 38.8 Å². The zero-order chi connectivity index (χ0) is 11.4. The summed E-state index contributed by atoms with van der Waals surface area (Å²) in [6.45, 7) is 4.93. The van der Waals surface area contributed by atoms with Crippen LogP contribution in [0.4, 0.5) is 0 Å². The summed E-state index contributed by atoms with van der Waals surface area (Å²) >= 11 is 0. The highest BCUT2D eigenvalue weighted by Gasteiger charge is 2.30. The highest BCUT2D eigenvalue weighted by Crippen LogP contribution is 2.20. The fraction of sp³-hybridized carbons (Fsp3) is 0.917. The fourth-order valence-corrected chi connectivity index (χ4v) is 2.88. The molecule has 92 valence electrons. The fourth-order valence-electron chi connectivity index (χ4n) is 2.88. The topological polar surface area (TPSA) is 49.6 Å². The Morgan fingerprint density at radius 1 is 1.19 bits per heavy atom. The molecule has 0 aromatic carbocycles. The number of amides is 1. The maximum Gasteiger partial charge on any atom is 0.224 e. The molecular weight excluding hydrogens is 202 g/mol. The molecule has 4 nitrogen and oxygen atoms in total. The first-order valence-corrected chi connectivity index (χ1v) is 6.53. The Balaban J connectivity index is 1.84. The van der Waals surface area contributed by atoms with Crippen molar-refractivity contribution in [3.05, 3.63) is 0 Å². The Kier molecular flexibility index (Phi) is 4.18. The molecule has 0 saturated carbocycles. The molecule has 2 aliphatic heterocycles. The largest absolute Gasteiger partial charge is 0.338 e. The van der Waals surface area contributed by atoms with Crippen molar-refractivity contribution in [3.8, 4) is 0 Å². The minimum Gasteiger partial charge on any atom is -0.338 e. The Hall–Kier alpha value is -0.610. The quantitative estimate of drug-likeness (QED) is 0.754. The molecule has 2 fully saturated rings. The average Bonchev–Trinajstić information content (AvgIpc) is 2.90. The van der Waals surface area contributed by atoms with E-state index in [9.17, 15) is 4.79 Å². The molecule has 16 heavy (non-hydrogen) atoms. The normalized spacial score (nSPS) is 26.6. The van der Waals surface area contributed by atoms with Crippen LogP contribution >= 0.6 is 0 Å². The van der Waals surface area contributed by atoms with Crippen LogP contribution in [0.5, 0.6) is 0 Å². The predicted octanol–water partition coefficient (Wildman–Crippen LogP) is 0.422. The zero-order valence-electron chi connectivity index (χ0n) is 10.0. The molecule has 0 radical (unpaired) electrons. The van der Waals surface area contributed by atoms with E-state index in [0.29, 0.717) is 19.0 Å². The van der Waals surface area contributed by atoms with E-state index in [1.54, 1.807) is 0 Å². The second-order valence-electron chi connectivity index (χ2n) is 4.93. The molecule has 1 atom stereocenters. The van der Waals surface area contributed by atoms with Crippen molar-refractivity contribution in [3.63, 3.8) is 0 Å². The number of hydrogen-bond donors (Lipinski definition) is 1. The van der Waals surface area contributed by atoms with Gasteiger partial charge in [-0.15, -0.1) is 0 Å². The molecule has 4 heteroatoms. The van der Waals surface area contributed by atoms with Gasteiger partial charge >= 0.3 is 0 Å². The number of carbonyl (C=O) groups excluding carboxylic acids is 1. The first kappa shape index (κ1) is 11.9. The van der Waals surface area contributed by atoms with Crippen LogP contribution in [0.25, 0.3) is 0 Å². The van der Waals surface area contributed by atoms with Crippen LogP contribution in [0.15, 0.2) is 0 Å². The third-order valence-corrected chi connectivity index (χ3v) is 3.72. The first-order valence-electron chi connectivity index (χ1n) is 6.53. The molecule has 0 spiro atoms. The Bertz CT molecular complexity index is 238. The van der Waals surface area contributed by atoms with Gasteiger partial charge in [0.25, 0.3) is 0 Å². The van der Waals surface area contributed by atoms with E-state index in [1.165, 1.54) is 32.4 Å². The monoisotopic (exact) mass is 225 g/mol. The van der Waals surface area contributed by atoms with Crippen molar-refractivity contribution in [2.45, 2.75) is 38.1 Å². The number of nitrogens with zero attached hydrogens (tertiary/aromatic N) is 2. The predicted molar refractivity (Wildman–Crippen MR) is 64.1 cm³/mol. The van der Waals surface area contributed by atoms with Gasteiger partial charge in [-0.1, -0.05) is 0 Å². The van der Waals surface area contributed by atoms with E-state index in [0.717, 1.165) is 19.5 Å². The van der Waals surface area contributed by atoms with Gasteiger partial charge in [-0.3, -0.25) is 4.79 Å². The molecule has 0 bridgehead atoms. The number of hydrogen-bond acceptors (Lipinski definition) is 3. The zero-order valence-corrected chi connectivity index (χ0v) is 10.0. The minimum atomic E-state index is 0.254. The molecule has 2 rings (SSSR count). The Labute approximate surface area is 97.8 Å². The maximum atomic E-state index is 11.9. The third-order valence-electron chi connectivity index (χ3n) is 3.72. The molecular formula is C12H23N3O. The van der Waals surface area contributed by atoms with Gasteiger partial charge in [-0.25, -0.2) is 0 Å². The lowest BCUT2D eigenvalue weighted by Gasteiger charge is -2.28. The van der Waals surface area contributed by atoms with Crippen LogP contribution in [0.3, 0.4) is 0 Å². The summed E-state index contributed by atoms with van der Waals surface area (Å²) in [4.78, 5) is 16.4. The highest BCUT2D eigenvalue weighted by atomic mass is 16.2. The highest BCUT2D eigenvalue weighted by molar-refractivity contribution is 5.77. The summed E-state index contributed by atoms with van der Waals surface area (Å²) in [5, 5.41) is 0. The molecule has 2 heterocycles. The van der Waals surface area contributed by atoms with Crippen LogP contribution in [0, 0.1) is 0 Å². The van der Waals surface area contributed by atoms with Crippen molar-refractivity contribution in [2.75, 3.05) is 32.7 Å². The van der Waals surface area contributed by atoms with Crippen LogP contribution in [-0.2, 0) is 4.79 Å². The van der Waals surface area contributed by atoms with Gasteiger partial charge < -0.3 is 15.5 Å². The summed E-state index contributed by atoms with van der Waals surface area (Å²) in [6.07, 6.45) is 5.49. The number of carbonyl (C=O) groups is 1. The molecule has 1 amide bonds. The molecule has 2 aliphatic rings. The van der Waals surface area contributed by atoms with Crippen molar-refractivity contribution < 1.29 is 4.79 Å². The van der Waals surface area contributed by atoms with Crippen LogP contribution < -0.4 is 5.73 Å². The molecule has 0 aliphatic carbocycles. The summed E-state index contributed by atoms with van der Waals surface area (Å²) < 4.78 is 0. The maximum absolute atomic E-state index is 11.9. The van der Waals surface area contributed by atoms with E-state index >= 15 is 0 Å². The summed E-state index contributed by atoms with van der Waals surface area (Å²) in [5.74, 6) is 0.254. The van der Waals surface area contributed by atoms with Crippen LogP contribution in [0.2, 0.25) is 0 Å². The van der Waals surface area contributed by atoms with Gasteiger partial charge in [0.1, 0.15) is 0 Å². The van der Waals surface area contributed by atoms with E-state index in [4.69, 9.17) is 5.73 Å². The molecule has 2 N–H and O–H groups in total. The summed E-state index contributed by atoms with van der Waals surface area (Å²) in [5.41, 5.74) is 5.45. The van der Waals surface area contributed by atoms with Gasteiger partial charge in [0.05, 0.1) is 0 Å². The summed E-state index contributed by atoms with van der Waals surface area (Å²) in [7, 11) is 0. The van der Waals surface area contributed by atoms with Crippen molar-refractivity contribution >= 4 is 5.91 Å². The Morgan fingerprint density at radius 3 is 2.62 bits per heavy atom. The number of rotatable bonds is 4. The van der Waals surface area contributed by atoms with Gasteiger partial charge in [0.15, 0.2) is 0 Å². The van der Waals surface area contributed by atoms with E-state index in [1.807, 2.05) is 0 Å². The van der Waals surface area contributed by atoms with Gasteiger partial charge in [0.2, 0.25) is 5.91 Å². The van der Waals surface area contributed by atoms with E-state index in [-0.39, 0.29) is 5.91 Å². The smallest absolute Gasteiger partial charge is 0.224 e. The first-order chi connectivity index (χ1) is 7.81. The third kappa shape index (κ3) is 2.74. The standard InChI is InChI=1S/C12H23N3O/c13-6-5-12(16)15-9-3-4-11(15)10-14-7-1-2-8-14/h11H,1-10,13H2. The van der Waals surface area contributed by atoms with Crippen molar-refractivity contribution in [1.29, 1.82) is 0 Å². The van der Waals surface area contributed by atoms with E-state index < -0.39 is 0 Å². The molecule has 0 aromatic rings. The van der Waals surface area contributed by atoms with Crippen LogP contribution in [-0.4, -0.2) is 54.5 Å². The van der Waals surface area contributed by atoms with Gasteiger partial charge in [-0.2, -0.15) is 0 Å².